The minimum absolute atomic E-state index is 0.139. The number of nitrogen functional groups attached to an aromatic ring is 1. The van der Waals surface area contributed by atoms with Gasteiger partial charge in [0.1, 0.15) is 5.69 Å². The highest BCUT2D eigenvalue weighted by molar-refractivity contribution is 5.93. The van der Waals surface area contributed by atoms with E-state index in [0.29, 0.717) is 17.9 Å². The molecular weight excluding hydrogens is 206 g/mol. The predicted octanol–water partition coefficient (Wildman–Crippen LogP) is 0.896. The van der Waals surface area contributed by atoms with Crippen molar-refractivity contribution in [2.75, 3.05) is 19.4 Å². The van der Waals surface area contributed by atoms with Gasteiger partial charge in [-0.15, -0.1) is 0 Å². The van der Waals surface area contributed by atoms with Crippen molar-refractivity contribution in [2.45, 2.75) is 24.9 Å². The van der Waals surface area contributed by atoms with Gasteiger partial charge in [0.15, 0.2) is 0 Å². The maximum atomic E-state index is 11.7. The van der Waals surface area contributed by atoms with Crippen molar-refractivity contribution in [3.8, 4) is 0 Å². The molecule has 1 amide bonds. The molecule has 5 heteroatoms. The molecule has 1 aliphatic carbocycles. The van der Waals surface area contributed by atoms with E-state index in [1.165, 1.54) is 6.42 Å². The zero-order valence-corrected chi connectivity index (χ0v) is 9.38. The van der Waals surface area contributed by atoms with Crippen LogP contribution in [-0.4, -0.2) is 30.1 Å². The minimum atomic E-state index is -0.145. The number of carbonyl (C=O) groups is 1. The second-order valence-electron chi connectivity index (χ2n) is 4.27. The summed E-state index contributed by atoms with van der Waals surface area (Å²) >= 11 is 0. The molecule has 0 aromatic carbocycles. The minimum Gasteiger partial charge on any atom is -0.397 e. The summed E-state index contributed by atoms with van der Waals surface area (Å²) in [6.07, 6.45) is 4.79. The van der Waals surface area contributed by atoms with Gasteiger partial charge in [-0.2, -0.15) is 0 Å². The molecule has 2 rings (SSSR count). The van der Waals surface area contributed by atoms with Gasteiger partial charge in [0.05, 0.1) is 5.60 Å². The highest BCUT2D eigenvalue weighted by atomic mass is 16.5. The molecule has 0 radical (unpaired) electrons. The van der Waals surface area contributed by atoms with E-state index in [1.54, 1.807) is 19.4 Å². The van der Waals surface area contributed by atoms with Gasteiger partial charge in [0.25, 0.3) is 5.91 Å². The quantitative estimate of drug-likeness (QED) is 0.709. The summed E-state index contributed by atoms with van der Waals surface area (Å²) in [6, 6.07) is 1.62. The Bertz CT molecular complexity index is 377. The average Bonchev–Trinajstić information content (AvgIpc) is 2.64. The van der Waals surface area contributed by atoms with Crippen molar-refractivity contribution >= 4 is 11.6 Å². The van der Waals surface area contributed by atoms with Crippen molar-refractivity contribution in [3.63, 3.8) is 0 Å². The molecule has 1 fully saturated rings. The van der Waals surface area contributed by atoms with E-state index in [9.17, 15) is 4.79 Å². The van der Waals surface area contributed by atoms with Crippen molar-refractivity contribution in [2.24, 2.45) is 0 Å². The molecule has 1 aliphatic rings. The number of anilines is 1. The summed E-state index contributed by atoms with van der Waals surface area (Å²) < 4.78 is 5.42. The largest absolute Gasteiger partial charge is 0.397 e. The molecule has 5 nitrogen and oxygen atoms in total. The van der Waals surface area contributed by atoms with Crippen molar-refractivity contribution in [1.29, 1.82) is 0 Å². The lowest BCUT2D eigenvalue weighted by Gasteiger charge is -2.40. The first-order valence-corrected chi connectivity index (χ1v) is 5.42. The number of aromatic nitrogens is 1. The van der Waals surface area contributed by atoms with Crippen LogP contribution >= 0.6 is 0 Å². The second-order valence-corrected chi connectivity index (χ2v) is 4.27. The van der Waals surface area contributed by atoms with Crippen molar-refractivity contribution in [3.05, 3.63) is 18.0 Å². The Balaban J connectivity index is 1.88. The summed E-state index contributed by atoms with van der Waals surface area (Å²) in [5, 5.41) is 2.86. The van der Waals surface area contributed by atoms with Crippen LogP contribution in [0.15, 0.2) is 12.3 Å². The van der Waals surface area contributed by atoms with Crippen LogP contribution in [0.4, 0.5) is 5.69 Å². The second kappa shape index (κ2) is 4.17. The number of rotatable bonds is 4. The molecule has 88 valence electrons. The van der Waals surface area contributed by atoms with E-state index in [1.807, 2.05) is 0 Å². The number of hydrogen-bond donors (Lipinski definition) is 3. The molecule has 1 heterocycles. The Hall–Kier alpha value is -1.49. The Morgan fingerprint density at radius 3 is 2.88 bits per heavy atom. The monoisotopic (exact) mass is 223 g/mol. The summed E-state index contributed by atoms with van der Waals surface area (Å²) in [5.74, 6) is -0.139. The molecule has 0 aliphatic heterocycles. The molecule has 16 heavy (non-hydrogen) atoms. The molecule has 1 aromatic heterocycles. The molecule has 4 N–H and O–H groups in total. The first kappa shape index (κ1) is 11.0. The van der Waals surface area contributed by atoms with Gasteiger partial charge in [-0.1, -0.05) is 0 Å². The lowest BCUT2D eigenvalue weighted by molar-refractivity contribution is -0.0679. The number of hydrogen-bond acceptors (Lipinski definition) is 3. The van der Waals surface area contributed by atoms with Gasteiger partial charge in [-0.25, -0.2) is 0 Å². The van der Waals surface area contributed by atoms with Crippen LogP contribution in [0.5, 0.6) is 0 Å². The van der Waals surface area contributed by atoms with Crippen LogP contribution in [0.1, 0.15) is 29.8 Å². The highest BCUT2D eigenvalue weighted by Crippen LogP contribution is 2.34. The Morgan fingerprint density at radius 1 is 1.69 bits per heavy atom. The van der Waals surface area contributed by atoms with Crippen LogP contribution in [0, 0.1) is 0 Å². The zero-order chi connectivity index (χ0) is 11.6. The molecule has 0 unspecified atom stereocenters. The van der Waals surface area contributed by atoms with E-state index in [2.05, 4.69) is 10.3 Å². The van der Waals surface area contributed by atoms with Crippen LogP contribution in [0.3, 0.4) is 0 Å². The van der Waals surface area contributed by atoms with E-state index >= 15 is 0 Å². The number of H-pyrrole nitrogens is 1. The molecule has 1 aromatic rings. The maximum Gasteiger partial charge on any atom is 0.267 e. The number of methoxy groups -OCH3 is 1. The fourth-order valence-corrected chi connectivity index (χ4v) is 1.90. The normalized spacial score (nSPS) is 17.8. The molecule has 0 bridgehead atoms. The third-order valence-corrected chi connectivity index (χ3v) is 3.22. The molecule has 1 saturated carbocycles. The molecule has 0 spiro atoms. The van der Waals surface area contributed by atoms with Gasteiger partial charge in [0.2, 0.25) is 0 Å². The fraction of sp³-hybridized carbons (Fsp3) is 0.545. The van der Waals surface area contributed by atoms with E-state index in [0.717, 1.165) is 12.8 Å². The summed E-state index contributed by atoms with van der Waals surface area (Å²) in [4.78, 5) is 14.5. The lowest BCUT2D eigenvalue weighted by Crippen LogP contribution is -2.49. The van der Waals surface area contributed by atoms with Gasteiger partial charge in [-0.3, -0.25) is 4.79 Å². The van der Waals surface area contributed by atoms with Gasteiger partial charge >= 0.3 is 0 Å². The maximum absolute atomic E-state index is 11.7. The topological polar surface area (TPSA) is 80.1 Å². The number of amides is 1. The van der Waals surface area contributed by atoms with E-state index < -0.39 is 0 Å². The zero-order valence-electron chi connectivity index (χ0n) is 9.38. The number of carbonyl (C=O) groups excluding carboxylic acids is 1. The Labute approximate surface area is 94.4 Å². The molecule has 0 atom stereocenters. The average molecular weight is 223 g/mol. The van der Waals surface area contributed by atoms with Gasteiger partial charge in [-0.05, 0) is 25.3 Å². The van der Waals surface area contributed by atoms with Crippen LogP contribution in [-0.2, 0) is 4.74 Å². The van der Waals surface area contributed by atoms with Crippen LogP contribution in [0.25, 0.3) is 0 Å². The smallest absolute Gasteiger partial charge is 0.267 e. The van der Waals surface area contributed by atoms with Crippen LogP contribution < -0.4 is 11.1 Å². The Morgan fingerprint density at radius 2 is 2.44 bits per heavy atom. The number of ether oxygens (including phenoxy) is 1. The van der Waals surface area contributed by atoms with E-state index in [4.69, 9.17) is 10.5 Å². The third kappa shape index (κ3) is 2.04. The SMILES string of the molecule is COC1(CNC(=O)c2cc(N)c[nH]2)CCC1. The van der Waals surface area contributed by atoms with E-state index in [-0.39, 0.29) is 11.5 Å². The number of nitrogens with two attached hydrogens (primary N) is 1. The van der Waals surface area contributed by atoms with Crippen LogP contribution in [0.2, 0.25) is 0 Å². The first-order chi connectivity index (χ1) is 7.65. The van der Waals surface area contributed by atoms with Crippen molar-refractivity contribution < 1.29 is 9.53 Å². The highest BCUT2D eigenvalue weighted by Gasteiger charge is 2.37. The summed E-state index contributed by atoms with van der Waals surface area (Å²) in [6.45, 7) is 0.557. The summed E-state index contributed by atoms with van der Waals surface area (Å²) in [5.41, 5.74) is 6.43. The first-order valence-electron chi connectivity index (χ1n) is 5.42. The molecular formula is C11H17N3O2. The summed E-state index contributed by atoms with van der Waals surface area (Å²) in [7, 11) is 1.69. The number of aromatic amines is 1. The van der Waals surface area contributed by atoms with Gasteiger partial charge in [0, 0.05) is 25.5 Å². The third-order valence-electron chi connectivity index (χ3n) is 3.22. The van der Waals surface area contributed by atoms with Gasteiger partial charge < -0.3 is 20.8 Å². The lowest BCUT2D eigenvalue weighted by atomic mass is 9.80. The fourth-order valence-electron chi connectivity index (χ4n) is 1.90. The standard InChI is InChI=1S/C11H17N3O2/c1-16-11(3-2-4-11)7-14-10(15)9-5-8(12)6-13-9/h5-6,13H,2-4,7,12H2,1H3,(H,14,15). The molecule has 0 saturated heterocycles. The van der Waals surface area contributed by atoms with Crippen molar-refractivity contribution in [1.82, 2.24) is 10.3 Å². The number of nitrogens with one attached hydrogen (secondary N) is 2. The Kier molecular flexibility index (Phi) is 2.87. The predicted molar refractivity (Wildman–Crippen MR) is 61.1 cm³/mol.